The van der Waals surface area contributed by atoms with Gasteiger partial charge in [0.15, 0.2) is 0 Å². The van der Waals surface area contributed by atoms with Crippen molar-refractivity contribution in [2.24, 2.45) is 5.92 Å². The van der Waals surface area contributed by atoms with Crippen molar-refractivity contribution < 1.29 is 13.2 Å². The van der Waals surface area contributed by atoms with Crippen LogP contribution in [-0.4, -0.2) is 50.4 Å². The number of piperidine rings is 1. The molecule has 1 saturated heterocycles. The minimum absolute atomic E-state index is 0.0731. The largest absolute Gasteiger partial charge is 0.341 e. The van der Waals surface area contributed by atoms with E-state index in [9.17, 15) is 13.2 Å². The molecule has 8 heteroatoms. The summed E-state index contributed by atoms with van der Waals surface area (Å²) < 4.78 is 25.0. The van der Waals surface area contributed by atoms with Crippen LogP contribution in [0.25, 0.3) is 0 Å². The molecule has 1 heterocycles. The summed E-state index contributed by atoms with van der Waals surface area (Å²) in [7, 11) is -3.20. The minimum atomic E-state index is -3.20. The normalized spacial score (nSPS) is 20.0. The van der Waals surface area contributed by atoms with Crippen LogP contribution < -0.4 is 4.72 Å². The van der Waals surface area contributed by atoms with Gasteiger partial charge in [0.05, 0.1) is 16.5 Å². The second-order valence-electron chi connectivity index (χ2n) is 6.10. The molecule has 1 amide bonds. The molecule has 5 nitrogen and oxygen atoms in total. The highest BCUT2D eigenvalue weighted by Crippen LogP contribution is 2.31. The number of halogens is 1. The van der Waals surface area contributed by atoms with E-state index < -0.39 is 10.0 Å². The molecule has 0 unspecified atom stereocenters. The Bertz CT molecular complexity index is 682. The van der Waals surface area contributed by atoms with Crippen LogP contribution in [0.3, 0.4) is 0 Å². The van der Waals surface area contributed by atoms with E-state index in [1.54, 1.807) is 0 Å². The van der Waals surface area contributed by atoms with Crippen molar-refractivity contribution in [3.05, 3.63) is 29.3 Å². The average Bonchev–Trinajstić information content (AvgIpc) is 2.54. The fourth-order valence-corrected chi connectivity index (χ4v) is 4.52. The summed E-state index contributed by atoms with van der Waals surface area (Å²) in [6.07, 6.45) is 2.98. The molecule has 0 saturated carbocycles. The maximum Gasteiger partial charge on any atom is 0.235 e. The first-order valence-electron chi connectivity index (χ1n) is 7.91. The Morgan fingerprint density at radius 3 is 2.83 bits per heavy atom. The lowest BCUT2D eigenvalue weighted by Crippen LogP contribution is -2.46. The molecule has 1 aliphatic heterocycles. The van der Waals surface area contributed by atoms with Gasteiger partial charge in [-0.2, -0.15) is 0 Å². The van der Waals surface area contributed by atoms with Gasteiger partial charge in [-0.3, -0.25) is 4.79 Å². The standard InChI is InChI=1S/C16H23ClN2O3S2/c1-12(23-15-8-4-3-7-14(15)17)16(20)19-9-5-6-13(11-19)10-18-24(2,21)22/h3-4,7-8,12-13,18H,5-6,9-11H2,1-2H3/t12-,13-/m1/s1. The van der Waals surface area contributed by atoms with Crippen molar-refractivity contribution in [3.8, 4) is 0 Å². The molecular weight excluding hydrogens is 368 g/mol. The van der Waals surface area contributed by atoms with Gasteiger partial charge < -0.3 is 4.90 Å². The van der Waals surface area contributed by atoms with Crippen LogP contribution in [0, 0.1) is 5.92 Å². The molecule has 1 N–H and O–H groups in total. The van der Waals surface area contributed by atoms with E-state index in [2.05, 4.69) is 4.72 Å². The van der Waals surface area contributed by atoms with Crippen molar-refractivity contribution >= 4 is 39.3 Å². The lowest BCUT2D eigenvalue weighted by atomic mass is 9.98. The number of carbonyl (C=O) groups excluding carboxylic acids is 1. The first-order chi connectivity index (χ1) is 11.3. The van der Waals surface area contributed by atoms with Gasteiger partial charge >= 0.3 is 0 Å². The number of hydrogen-bond donors (Lipinski definition) is 1. The molecular formula is C16H23ClN2O3S2. The number of thioether (sulfide) groups is 1. The molecule has 0 spiro atoms. The molecule has 134 valence electrons. The molecule has 2 rings (SSSR count). The fraction of sp³-hybridized carbons (Fsp3) is 0.562. The maximum absolute atomic E-state index is 12.7. The van der Waals surface area contributed by atoms with Crippen molar-refractivity contribution in [3.63, 3.8) is 0 Å². The van der Waals surface area contributed by atoms with E-state index >= 15 is 0 Å². The van der Waals surface area contributed by atoms with Gasteiger partial charge in [-0.15, -0.1) is 11.8 Å². The van der Waals surface area contributed by atoms with E-state index in [4.69, 9.17) is 11.6 Å². The highest BCUT2D eigenvalue weighted by atomic mass is 35.5. The number of benzene rings is 1. The topological polar surface area (TPSA) is 66.5 Å². The van der Waals surface area contributed by atoms with Crippen molar-refractivity contribution in [2.75, 3.05) is 25.9 Å². The van der Waals surface area contributed by atoms with Crippen LogP contribution in [0.15, 0.2) is 29.2 Å². The number of amides is 1. The van der Waals surface area contributed by atoms with Crippen LogP contribution in [0.4, 0.5) is 0 Å². The third-order valence-electron chi connectivity index (χ3n) is 3.95. The smallest absolute Gasteiger partial charge is 0.235 e. The third-order valence-corrected chi connectivity index (χ3v) is 6.25. The zero-order valence-electron chi connectivity index (χ0n) is 13.9. The van der Waals surface area contributed by atoms with Gasteiger partial charge in [0.1, 0.15) is 0 Å². The molecule has 1 aliphatic rings. The second-order valence-corrected chi connectivity index (χ2v) is 9.73. The molecule has 24 heavy (non-hydrogen) atoms. The van der Waals surface area contributed by atoms with Crippen LogP contribution in [0.2, 0.25) is 5.02 Å². The molecule has 1 aromatic rings. The highest BCUT2D eigenvalue weighted by Gasteiger charge is 2.27. The van der Waals surface area contributed by atoms with E-state index in [-0.39, 0.29) is 17.1 Å². The Labute approximate surface area is 153 Å². The van der Waals surface area contributed by atoms with E-state index in [0.29, 0.717) is 18.1 Å². The first-order valence-corrected chi connectivity index (χ1v) is 11.1. The average molecular weight is 391 g/mol. The summed E-state index contributed by atoms with van der Waals surface area (Å²) >= 11 is 7.61. The Morgan fingerprint density at radius 1 is 1.46 bits per heavy atom. The molecule has 0 aromatic heterocycles. The monoisotopic (exact) mass is 390 g/mol. The number of hydrogen-bond acceptors (Lipinski definition) is 4. The number of likely N-dealkylation sites (tertiary alicyclic amines) is 1. The quantitative estimate of drug-likeness (QED) is 0.758. The van der Waals surface area contributed by atoms with Crippen molar-refractivity contribution in [2.45, 2.75) is 29.9 Å². The summed E-state index contributed by atoms with van der Waals surface area (Å²) in [4.78, 5) is 15.4. The number of nitrogens with one attached hydrogen (secondary N) is 1. The van der Waals surface area contributed by atoms with Crippen LogP contribution in [-0.2, 0) is 14.8 Å². The summed E-state index contributed by atoms with van der Waals surface area (Å²) in [6, 6.07) is 7.49. The molecule has 1 aromatic carbocycles. The van der Waals surface area contributed by atoms with Crippen molar-refractivity contribution in [1.29, 1.82) is 0 Å². The van der Waals surface area contributed by atoms with E-state index in [0.717, 1.165) is 30.5 Å². The molecule has 0 bridgehead atoms. The number of rotatable bonds is 6. The van der Waals surface area contributed by atoms with Gasteiger partial charge in [0.25, 0.3) is 0 Å². The van der Waals surface area contributed by atoms with Gasteiger partial charge in [-0.25, -0.2) is 13.1 Å². The number of carbonyl (C=O) groups is 1. The SMILES string of the molecule is C[C@@H](Sc1ccccc1Cl)C(=O)N1CCC[C@H](CNS(C)(=O)=O)C1. The van der Waals surface area contributed by atoms with Gasteiger partial charge in [-0.1, -0.05) is 23.7 Å². The zero-order valence-corrected chi connectivity index (χ0v) is 16.3. The Morgan fingerprint density at radius 2 is 2.17 bits per heavy atom. The zero-order chi connectivity index (χ0) is 17.7. The van der Waals surface area contributed by atoms with E-state index in [1.165, 1.54) is 11.8 Å². The second kappa shape index (κ2) is 8.56. The van der Waals surface area contributed by atoms with Gasteiger partial charge in [0, 0.05) is 24.5 Å². The Hall–Kier alpha value is -0.760. The molecule has 1 fully saturated rings. The molecule has 0 aliphatic carbocycles. The maximum atomic E-state index is 12.7. The summed E-state index contributed by atoms with van der Waals surface area (Å²) in [5, 5.41) is 0.419. The van der Waals surface area contributed by atoms with E-state index in [1.807, 2.05) is 36.1 Å². The van der Waals surface area contributed by atoms with Crippen LogP contribution in [0.1, 0.15) is 19.8 Å². The van der Waals surface area contributed by atoms with Crippen LogP contribution >= 0.6 is 23.4 Å². The predicted molar refractivity (Wildman–Crippen MR) is 98.9 cm³/mol. The lowest BCUT2D eigenvalue weighted by Gasteiger charge is -2.34. The third kappa shape index (κ3) is 5.95. The fourth-order valence-electron chi connectivity index (χ4n) is 2.74. The highest BCUT2D eigenvalue weighted by molar-refractivity contribution is 8.00. The molecule has 0 radical (unpaired) electrons. The minimum Gasteiger partial charge on any atom is -0.341 e. The van der Waals surface area contributed by atoms with Gasteiger partial charge in [-0.05, 0) is 37.8 Å². The predicted octanol–water partition coefficient (Wildman–Crippen LogP) is 2.61. The van der Waals surface area contributed by atoms with Gasteiger partial charge in [0.2, 0.25) is 15.9 Å². The van der Waals surface area contributed by atoms with Crippen LogP contribution in [0.5, 0.6) is 0 Å². The summed E-state index contributed by atoms with van der Waals surface area (Å²) in [5.74, 6) is 0.235. The Balaban J connectivity index is 1.92. The lowest BCUT2D eigenvalue weighted by molar-refractivity contribution is -0.132. The van der Waals surface area contributed by atoms with Crippen molar-refractivity contribution in [1.82, 2.24) is 9.62 Å². The summed E-state index contributed by atoms with van der Waals surface area (Å²) in [5.41, 5.74) is 0. The Kier molecular flexibility index (Phi) is 6.98. The first kappa shape index (κ1) is 19.6. The number of sulfonamides is 1. The number of nitrogens with zero attached hydrogens (tertiary/aromatic N) is 1. The molecule has 2 atom stereocenters. The summed E-state index contributed by atoms with van der Waals surface area (Å²) in [6.45, 7) is 3.58.